The largest absolute Gasteiger partial charge is 0.493 e. The number of likely N-dealkylation sites (N-methyl/N-ethyl adjacent to an activating group) is 1. The molecule has 28 heavy (non-hydrogen) atoms. The molecule has 1 aliphatic rings. The molecule has 0 unspecified atom stereocenters. The van der Waals surface area contributed by atoms with Crippen molar-refractivity contribution in [3.8, 4) is 11.5 Å². The number of hydrogen-bond acceptors (Lipinski definition) is 6. The first kappa shape index (κ1) is 19.3. The Kier molecular flexibility index (Phi) is 5.55. The average Bonchev–Trinajstić information content (AvgIpc) is 2.93. The third kappa shape index (κ3) is 4.09. The molecule has 0 bridgehead atoms. The predicted molar refractivity (Wildman–Crippen MR) is 107 cm³/mol. The maximum Gasteiger partial charge on any atom is 0.276 e. The number of nitro benzene ring substituents is 1. The minimum atomic E-state index is -0.449. The molecule has 8 nitrogen and oxygen atoms in total. The normalized spacial score (nSPS) is 14.9. The molecule has 1 saturated heterocycles. The molecule has 2 aromatic carbocycles. The molecule has 1 N–H and O–H groups in total. The van der Waals surface area contributed by atoms with E-state index in [0.29, 0.717) is 22.3 Å². The van der Waals surface area contributed by atoms with Gasteiger partial charge in [0, 0.05) is 19.2 Å². The smallest absolute Gasteiger partial charge is 0.276 e. The third-order valence-electron chi connectivity index (χ3n) is 4.12. The first-order valence-electron chi connectivity index (χ1n) is 8.24. The number of non-ortho nitro benzene ring substituents is 1. The number of carbonyl (C=O) groups excluding carboxylic acids is 1. The van der Waals surface area contributed by atoms with Crippen molar-refractivity contribution < 1.29 is 19.2 Å². The van der Waals surface area contributed by atoms with Gasteiger partial charge >= 0.3 is 0 Å². The van der Waals surface area contributed by atoms with Gasteiger partial charge < -0.3 is 14.8 Å². The van der Waals surface area contributed by atoms with E-state index in [-0.39, 0.29) is 18.2 Å². The van der Waals surface area contributed by atoms with Crippen molar-refractivity contribution in [2.45, 2.75) is 6.61 Å². The molecule has 0 saturated carbocycles. The van der Waals surface area contributed by atoms with E-state index in [4.69, 9.17) is 21.7 Å². The Hall–Kier alpha value is -3.46. The molecular weight excluding hydrogens is 382 g/mol. The zero-order chi connectivity index (χ0) is 20.3. The molecule has 2 aromatic rings. The standard InChI is InChI=1S/C19H17N3O5S/c1-21-18(23)15(20-19(21)28)9-13-5-8-16(17(10-13)26-2)27-11-12-3-6-14(7-4-12)22(24)25/h3-10H,11H2,1-2H3,(H,20,28)/b15-9+. The van der Waals surface area contributed by atoms with E-state index < -0.39 is 4.92 Å². The molecule has 144 valence electrons. The van der Waals surface area contributed by atoms with Crippen molar-refractivity contribution in [3.05, 3.63) is 69.4 Å². The molecule has 9 heteroatoms. The van der Waals surface area contributed by atoms with E-state index in [0.717, 1.165) is 11.1 Å². The van der Waals surface area contributed by atoms with E-state index >= 15 is 0 Å². The first-order chi connectivity index (χ1) is 13.4. The summed E-state index contributed by atoms with van der Waals surface area (Å²) in [6.07, 6.45) is 1.68. The summed E-state index contributed by atoms with van der Waals surface area (Å²) >= 11 is 5.06. The summed E-state index contributed by atoms with van der Waals surface area (Å²) in [4.78, 5) is 23.7. The lowest BCUT2D eigenvalue weighted by Gasteiger charge is -2.11. The van der Waals surface area contributed by atoms with Gasteiger partial charge in [0.1, 0.15) is 12.3 Å². The van der Waals surface area contributed by atoms with Gasteiger partial charge in [-0.3, -0.25) is 19.8 Å². The SMILES string of the molecule is COc1cc(/C=C2/NC(=S)N(C)C2=O)ccc1OCc1ccc([N+](=O)[O-])cc1. The molecule has 1 aliphatic heterocycles. The number of ether oxygens (including phenoxy) is 2. The Morgan fingerprint density at radius 1 is 1.21 bits per heavy atom. The molecular formula is C19H17N3O5S. The van der Waals surface area contributed by atoms with Gasteiger partial charge in [0.25, 0.3) is 11.6 Å². The number of nitrogens with zero attached hydrogens (tertiary/aromatic N) is 2. The van der Waals surface area contributed by atoms with Gasteiger partial charge in [-0.15, -0.1) is 0 Å². The van der Waals surface area contributed by atoms with Gasteiger partial charge in [-0.1, -0.05) is 6.07 Å². The van der Waals surface area contributed by atoms with Crippen molar-refractivity contribution in [2.24, 2.45) is 0 Å². The van der Waals surface area contributed by atoms with Crippen LogP contribution < -0.4 is 14.8 Å². The fourth-order valence-electron chi connectivity index (χ4n) is 2.56. The van der Waals surface area contributed by atoms with E-state index in [2.05, 4.69) is 5.32 Å². The summed E-state index contributed by atoms with van der Waals surface area (Å²) in [5, 5.41) is 13.9. The zero-order valence-electron chi connectivity index (χ0n) is 15.2. The molecule has 3 rings (SSSR count). The number of nitrogens with one attached hydrogen (secondary N) is 1. The van der Waals surface area contributed by atoms with Crippen LogP contribution in [0.2, 0.25) is 0 Å². The number of hydrogen-bond donors (Lipinski definition) is 1. The highest BCUT2D eigenvalue weighted by Crippen LogP contribution is 2.30. The zero-order valence-corrected chi connectivity index (χ0v) is 16.0. The van der Waals surface area contributed by atoms with Crippen LogP contribution in [0.25, 0.3) is 6.08 Å². The highest BCUT2D eigenvalue weighted by atomic mass is 32.1. The van der Waals surface area contributed by atoms with E-state index in [1.165, 1.54) is 24.1 Å². The van der Waals surface area contributed by atoms with E-state index in [9.17, 15) is 14.9 Å². The van der Waals surface area contributed by atoms with Crippen LogP contribution in [0.5, 0.6) is 11.5 Å². The van der Waals surface area contributed by atoms with Gasteiger partial charge in [-0.05, 0) is 53.7 Å². The lowest BCUT2D eigenvalue weighted by molar-refractivity contribution is -0.384. The molecule has 0 atom stereocenters. The number of carbonyl (C=O) groups is 1. The van der Waals surface area contributed by atoms with Crippen LogP contribution in [-0.4, -0.2) is 35.0 Å². The predicted octanol–water partition coefficient (Wildman–Crippen LogP) is 2.87. The quantitative estimate of drug-likeness (QED) is 0.345. The maximum absolute atomic E-state index is 12.1. The van der Waals surface area contributed by atoms with Crippen molar-refractivity contribution in [2.75, 3.05) is 14.2 Å². The van der Waals surface area contributed by atoms with Crippen LogP contribution in [0.1, 0.15) is 11.1 Å². The molecule has 1 heterocycles. The molecule has 1 fully saturated rings. The number of thiocarbonyl (C=S) groups is 1. The summed E-state index contributed by atoms with van der Waals surface area (Å²) < 4.78 is 11.1. The van der Waals surface area contributed by atoms with Crippen molar-refractivity contribution in [3.63, 3.8) is 0 Å². The second-order valence-electron chi connectivity index (χ2n) is 5.97. The monoisotopic (exact) mass is 399 g/mol. The second kappa shape index (κ2) is 8.05. The highest BCUT2D eigenvalue weighted by Gasteiger charge is 2.27. The minimum Gasteiger partial charge on any atom is -0.493 e. The summed E-state index contributed by atoms with van der Waals surface area (Å²) in [6.45, 7) is 0.230. The number of nitro groups is 1. The highest BCUT2D eigenvalue weighted by molar-refractivity contribution is 7.80. The first-order valence-corrected chi connectivity index (χ1v) is 8.65. The Labute approximate surface area is 166 Å². The summed E-state index contributed by atoms with van der Waals surface area (Å²) in [6, 6.07) is 11.4. The topological polar surface area (TPSA) is 93.9 Å². The van der Waals surface area contributed by atoms with E-state index in [1.54, 1.807) is 43.5 Å². The van der Waals surface area contributed by atoms with Crippen molar-refractivity contribution in [1.82, 2.24) is 10.2 Å². The lowest BCUT2D eigenvalue weighted by atomic mass is 10.1. The number of amides is 1. The summed E-state index contributed by atoms with van der Waals surface area (Å²) in [7, 11) is 3.13. The number of rotatable bonds is 6. The van der Waals surface area contributed by atoms with Crippen LogP contribution in [0.15, 0.2) is 48.2 Å². The van der Waals surface area contributed by atoms with Crippen LogP contribution in [0.3, 0.4) is 0 Å². The summed E-state index contributed by atoms with van der Waals surface area (Å²) in [5.74, 6) is 0.807. The van der Waals surface area contributed by atoms with E-state index in [1.807, 2.05) is 0 Å². The van der Waals surface area contributed by atoms with Gasteiger partial charge in [0.15, 0.2) is 16.6 Å². The Morgan fingerprint density at radius 3 is 2.50 bits per heavy atom. The lowest BCUT2D eigenvalue weighted by Crippen LogP contribution is -2.25. The Morgan fingerprint density at radius 2 is 1.93 bits per heavy atom. The van der Waals surface area contributed by atoms with Crippen LogP contribution in [-0.2, 0) is 11.4 Å². The molecule has 0 aliphatic carbocycles. The van der Waals surface area contributed by atoms with Crippen LogP contribution in [0.4, 0.5) is 5.69 Å². The average molecular weight is 399 g/mol. The molecule has 0 spiro atoms. The summed E-state index contributed by atoms with van der Waals surface area (Å²) in [5.41, 5.74) is 1.94. The fourth-order valence-corrected chi connectivity index (χ4v) is 2.75. The molecule has 0 aromatic heterocycles. The third-order valence-corrected chi connectivity index (χ3v) is 4.50. The molecule has 1 amide bonds. The van der Waals surface area contributed by atoms with Crippen LogP contribution in [0, 0.1) is 10.1 Å². The molecule has 0 radical (unpaired) electrons. The fraction of sp³-hybridized carbons (Fsp3) is 0.158. The van der Waals surface area contributed by atoms with Gasteiger partial charge in [0.05, 0.1) is 12.0 Å². The van der Waals surface area contributed by atoms with Crippen molar-refractivity contribution in [1.29, 1.82) is 0 Å². The Bertz CT molecular complexity index is 972. The van der Waals surface area contributed by atoms with Crippen LogP contribution >= 0.6 is 12.2 Å². The maximum atomic E-state index is 12.1. The Balaban J connectivity index is 1.74. The van der Waals surface area contributed by atoms with Gasteiger partial charge in [-0.2, -0.15) is 0 Å². The van der Waals surface area contributed by atoms with Gasteiger partial charge in [-0.25, -0.2) is 0 Å². The number of methoxy groups -OCH3 is 1. The second-order valence-corrected chi connectivity index (χ2v) is 6.36. The van der Waals surface area contributed by atoms with Crippen molar-refractivity contribution >= 4 is 35.0 Å². The number of benzene rings is 2. The minimum absolute atomic E-state index is 0.0268. The van der Waals surface area contributed by atoms with Gasteiger partial charge in [0.2, 0.25) is 0 Å².